The molecule has 0 radical (unpaired) electrons. The molecule has 0 fully saturated rings. The fraction of sp³-hybridized carbons (Fsp3) is 0.462. The molecule has 0 bridgehead atoms. The summed E-state index contributed by atoms with van der Waals surface area (Å²) in [7, 11) is 1.30. The van der Waals surface area contributed by atoms with Crippen molar-refractivity contribution in [1.82, 2.24) is 0 Å². The van der Waals surface area contributed by atoms with Crippen LogP contribution in [-0.2, 0) is 16.0 Å². The molecule has 0 spiro atoms. The van der Waals surface area contributed by atoms with Gasteiger partial charge in [0, 0.05) is 0 Å². The van der Waals surface area contributed by atoms with Gasteiger partial charge in [0.15, 0.2) is 0 Å². The number of hydrogen-bond donors (Lipinski definition) is 0. The maximum absolute atomic E-state index is 12.0. The summed E-state index contributed by atoms with van der Waals surface area (Å²) in [5.74, 6) is 0.0167. The number of aryl methyl sites for hydroxylation is 1. The fourth-order valence-electron chi connectivity index (χ4n) is 1.50. The molecule has 0 atom stereocenters. The molecule has 0 unspecified atom stereocenters. The maximum Gasteiger partial charge on any atom is 0.392 e. The minimum atomic E-state index is -4.22. The van der Waals surface area contributed by atoms with Gasteiger partial charge in [-0.15, -0.1) is 0 Å². The quantitative estimate of drug-likeness (QED) is 0.775. The summed E-state index contributed by atoms with van der Waals surface area (Å²) in [5, 5.41) is 0. The van der Waals surface area contributed by atoms with Crippen LogP contribution in [0.5, 0.6) is 5.75 Å². The van der Waals surface area contributed by atoms with E-state index in [2.05, 4.69) is 4.74 Å². The van der Waals surface area contributed by atoms with Crippen molar-refractivity contribution in [2.24, 2.45) is 0 Å². The zero-order valence-corrected chi connectivity index (χ0v) is 10.7. The maximum atomic E-state index is 12.0. The van der Waals surface area contributed by atoms with Crippen molar-refractivity contribution in [3.05, 3.63) is 29.3 Å². The van der Waals surface area contributed by atoms with Crippen LogP contribution >= 0.6 is 0 Å². The molecule has 19 heavy (non-hydrogen) atoms. The van der Waals surface area contributed by atoms with E-state index in [0.717, 1.165) is 5.56 Å². The molecule has 1 rings (SSSR count). The van der Waals surface area contributed by atoms with E-state index in [9.17, 15) is 18.0 Å². The molecule has 0 saturated heterocycles. The Morgan fingerprint density at radius 1 is 1.32 bits per heavy atom. The number of benzene rings is 1. The smallest absolute Gasteiger partial charge is 0.392 e. The molecule has 0 N–H and O–H groups in total. The van der Waals surface area contributed by atoms with Crippen LogP contribution in [0.3, 0.4) is 0 Å². The van der Waals surface area contributed by atoms with Gasteiger partial charge in [0.05, 0.1) is 26.6 Å². The first-order valence-electron chi connectivity index (χ1n) is 5.67. The van der Waals surface area contributed by atoms with Gasteiger partial charge in [0.2, 0.25) is 0 Å². The van der Waals surface area contributed by atoms with Gasteiger partial charge in [-0.3, -0.25) is 4.79 Å². The Hall–Kier alpha value is -1.72. The molecule has 0 aliphatic rings. The van der Waals surface area contributed by atoms with Crippen LogP contribution in [0.2, 0.25) is 0 Å². The lowest BCUT2D eigenvalue weighted by Gasteiger charge is -2.11. The Balaban J connectivity index is 2.59. The standard InChI is InChI=1S/C13H15F3O3/c1-9-7-10(8-12(17)18-2)3-4-11(9)19-6-5-13(14,15)16/h3-4,7H,5-6,8H2,1-2H3. The molecular formula is C13H15F3O3. The average molecular weight is 276 g/mol. The minimum Gasteiger partial charge on any atom is -0.493 e. The molecule has 0 amide bonds. The van der Waals surface area contributed by atoms with Crippen LogP contribution in [0.15, 0.2) is 18.2 Å². The van der Waals surface area contributed by atoms with E-state index in [0.29, 0.717) is 11.3 Å². The number of ether oxygens (including phenoxy) is 2. The fourth-order valence-corrected chi connectivity index (χ4v) is 1.50. The molecule has 1 aromatic carbocycles. The Morgan fingerprint density at radius 2 is 2.00 bits per heavy atom. The third kappa shape index (κ3) is 5.63. The predicted molar refractivity (Wildman–Crippen MR) is 63.1 cm³/mol. The summed E-state index contributed by atoms with van der Waals surface area (Å²) in [6.07, 6.45) is -5.09. The molecule has 1 aromatic rings. The normalized spacial score (nSPS) is 11.2. The van der Waals surface area contributed by atoms with Crippen LogP contribution in [-0.4, -0.2) is 25.9 Å². The van der Waals surface area contributed by atoms with E-state index in [-0.39, 0.29) is 12.4 Å². The van der Waals surface area contributed by atoms with Gasteiger partial charge in [-0.2, -0.15) is 13.2 Å². The highest BCUT2D eigenvalue weighted by atomic mass is 19.4. The van der Waals surface area contributed by atoms with Crippen molar-refractivity contribution in [3.63, 3.8) is 0 Å². The lowest BCUT2D eigenvalue weighted by Crippen LogP contribution is -2.13. The second kappa shape index (κ2) is 6.45. The van der Waals surface area contributed by atoms with E-state index in [4.69, 9.17) is 4.74 Å². The molecule has 0 aliphatic heterocycles. The Kier molecular flexibility index (Phi) is 5.20. The molecule has 0 aromatic heterocycles. The SMILES string of the molecule is COC(=O)Cc1ccc(OCCC(F)(F)F)c(C)c1. The number of halogens is 3. The molecule has 106 valence electrons. The number of alkyl halides is 3. The van der Waals surface area contributed by atoms with Crippen LogP contribution in [0.25, 0.3) is 0 Å². The highest BCUT2D eigenvalue weighted by Crippen LogP contribution is 2.23. The number of hydrogen-bond acceptors (Lipinski definition) is 3. The zero-order valence-electron chi connectivity index (χ0n) is 10.7. The second-order valence-corrected chi connectivity index (χ2v) is 4.07. The topological polar surface area (TPSA) is 35.5 Å². The lowest BCUT2D eigenvalue weighted by molar-refractivity contribution is -0.140. The largest absolute Gasteiger partial charge is 0.493 e. The van der Waals surface area contributed by atoms with Crippen molar-refractivity contribution in [1.29, 1.82) is 0 Å². The monoisotopic (exact) mass is 276 g/mol. The van der Waals surface area contributed by atoms with Crippen molar-refractivity contribution in [3.8, 4) is 5.75 Å². The van der Waals surface area contributed by atoms with Gasteiger partial charge in [0.1, 0.15) is 5.75 Å². The first kappa shape index (κ1) is 15.3. The van der Waals surface area contributed by atoms with E-state index in [1.165, 1.54) is 7.11 Å². The zero-order chi connectivity index (χ0) is 14.5. The average Bonchev–Trinajstić information content (AvgIpc) is 2.30. The number of carbonyl (C=O) groups excluding carboxylic acids is 1. The van der Waals surface area contributed by atoms with Gasteiger partial charge in [-0.25, -0.2) is 0 Å². The molecular weight excluding hydrogens is 261 g/mol. The molecule has 0 heterocycles. The predicted octanol–water partition coefficient (Wildman–Crippen LogP) is 3.04. The van der Waals surface area contributed by atoms with Crippen LogP contribution in [0, 0.1) is 6.92 Å². The number of esters is 1. The minimum absolute atomic E-state index is 0.125. The van der Waals surface area contributed by atoms with Gasteiger partial charge in [0.25, 0.3) is 0 Å². The van der Waals surface area contributed by atoms with E-state index in [1.807, 2.05) is 0 Å². The Bertz CT molecular complexity index is 441. The van der Waals surface area contributed by atoms with E-state index in [1.54, 1.807) is 25.1 Å². The lowest BCUT2D eigenvalue weighted by atomic mass is 10.1. The van der Waals surface area contributed by atoms with Gasteiger partial charge >= 0.3 is 12.1 Å². The molecule has 6 heteroatoms. The first-order valence-corrected chi connectivity index (χ1v) is 5.67. The number of rotatable bonds is 5. The van der Waals surface area contributed by atoms with Crippen molar-refractivity contribution >= 4 is 5.97 Å². The van der Waals surface area contributed by atoms with E-state index < -0.39 is 19.2 Å². The summed E-state index contributed by atoms with van der Waals surface area (Å²) in [4.78, 5) is 11.1. The summed E-state index contributed by atoms with van der Waals surface area (Å²) in [5.41, 5.74) is 1.41. The molecule has 0 saturated carbocycles. The Morgan fingerprint density at radius 3 is 2.53 bits per heavy atom. The van der Waals surface area contributed by atoms with Crippen LogP contribution in [0.4, 0.5) is 13.2 Å². The summed E-state index contributed by atoms with van der Waals surface area (Å²) in [6.45, 7) is 1.30. The third-order valence-electron chi connectivity index (χ3n) is 2.46. The first-order chi connectivity index (χ1) is 8.81. The van der Waals surface area contributed by atoms with Gasteiger partial charge in [-0.1, -0.05) is 12.1 Å². The third-order valence-corrected chi connectivity index (χ3v) is 2.46. The van der Waals surface area contributed by atoms with Gasteiger partial charge < -0.3 is 9.47 Å². The van der Waals surface area contributed by atoms with Gasteiger partial charge in [-0.05, 0) is 24.1 Å². The highest BCUT2D eigenvalue weighted by molar-refractivity contribution is 5.72. The molecule has 0 aliphatic carbocycles. The van der Waals surface area contributed by atoms with Crippen molar-refractivity contribution in [2.75, 3.05) is 13.7 Å². The van der Waals surface area contributed by atoms with Crippen LogP contribution in [0.1, 0.15) is 17.5 Å². The second-order valence-electron chi connectivity index (χ2n) is 4.07. The van der Waals surface area contributed by atoms with Crippen LogP contribution < -0.4 is 4.74 Å². The summed E-state index contributed by atoms with van der Waals surface area (Å²) in [6, 6.07) is 4.89. The van der Waals surface area contributed by atoms with E-state index >= 15 is 0 Å². The highest BCUT2D eigenvalue weighted by Gasteiger charge is 2.26. The number of carbonyl (C=O) groups is 1. The van der Waals surface area contributed by atoms with Crippen molar-refractivity contribution < 1.29 is 27.4 Å². The molecule has 3 nitrogen and oxygen atoms in total. The summed E-state index contributed by atoms with van der Waals surface area (Å²) < 4.78 is 45.5. The summed E-state index contributed by atoms with van der Waals surface area (Å²) >= 11 is 0. The number of methoxy groups -OCH3 is 1. The Labute approximate surface area is 109 Å². The van der Waals surface area contributed by atoms with Crippen molar-refractivity contribution in [2.45, 2.75) is 25.9 Å².